The van der Waals surface area contributed by atoms with Gasteiger partial charge in [0.2, 0.25) is 18.9 Å². The van der Waals surface area contributed by atoms with Crippen LogP contribution in [0.15, 0.2) is 78.9 Å². The highest BCUT2D eigenvalue weighted by Gasteiger charge is 2.50. The van der Waals surface area contributed by atoms with E-state index in [9.17, 15) is 75.2 Å². The predicted molar refractivity (Wildman–Crippen MR) is 416 cm³/mol. The van der Waals surface area contributed by atoms with Gasteiger partial charge in [0.15, 0.2) is 12.2 Å². The molecule has 3 aliphatic heterocycles. The van der Waals surface area contributed by atoms with Gasteiger partial charge in [-0.15, -0.1) is 0 Å². The molecule has 626 valence electrons. The maximum atomic E-state index is 12.2. The fourth-order valence-electron chi connectivity index (χ4n) is 10.4. The molecule has 4 aromatic rings. The Bertz CT molecular complexity index is 3570. The Morgan fingerprint density at radius 3 is 1.03 bits per heavy atom. The molecule has 3 saturated heterocycles. The molecular weight excluding hydrogens is 1450 g/mol. The lowest BCUT2D eigenvalue weighted by atomic mass is 9.92. The molecule has 0 aromatic heterocycles. The molecule has 4 aromatic carbocycles. The van der Waals surface area contributed by atoms with Gasteiger partial charge >= 0.3 is 19.8 Å². The predicted octanol–water partition coefficient (Wildman–Crippen LogP) is 9.96. The van der Waals surface area contributed by atoms with Crippen LogP contribution in [0.1, 0.15) is 195 Å². The third-order valence-corrected chi connectivity index (χ3v) is 16.7. The second kappa shape index (κ2) is 39.3. The Morgan fingerprint density at radius 2 is 0.718 bits per heavy atom. The number of carboxylic acids is 2. The lowest BCUT2D eigenvalue weighted by Crippen LogP contribution is -2.61. The number of aliphatic hydroxyl groups excluding tert-OH is 9. The molecule has 3 fully saturated rings. The third-order valence-electron chi connectivity index (χ3n) is 15.5. The van der Waals surface area contributed by atoms with E-state index in [2.05, 4.69) is 108 Å². The van der Waals surface area contributed by atoms with Crippen LogP contribution in [0.5, 0.6) is 17.2 Å². The van der Waals surface area contributed by atoms with Gasteiger partial charge < -0.3 is 125 Å². The summed E-state index contributed by atoms with van der Waals surface area (Å²) in [5, 5.41) is 122. The first-order valence-corrected chi connectivity index (χ1v) is 38.2. The van der Waals surface area contributed by atoms with E-state index >= 15 is 0 Å². The van der Waals surface area contributed by atoms with E-state index in [-0.39, 0.29) is 45.8 Å². The van der Waals surface area contributed by atoms with Crippen molar-refractivity contribution in [1.29, 1.82) is 0 Å². The number of benzene rings is 4. The number of carboxylic acid groups (broad SMARTS) is 2. The zero-order valence-electron chi connectivity index (χ0n) is 68.7. The standard InChI is InChI=1S/C22H37NO6.C21H34NO11P.C21H33NO8.C15H25NO/c1-13-18(25)19(26)17(11-24)29-20(13)28-16-9-8-14(12-27-22(5,6)7)10-15(16)23-21(2,3)4;1-20(2,3)22-12-9-11(10-30-34(28,29)33-21(4,5)6)7-8-13(12)31-19-16(25)14(23)15(24)17(32-19)18(26)27;1-20(2,3)22-12-9-11(10-28-21(4,5)6)7-8-13(12)29-19-16(25)14(23)15(24)17(30-19)18(26)27;1-14(2,3)16-13-9-7-12(8-10-13)11-17-15(4,5)6/h8-10,13,17-20,23-26H,11-12H2,1-7H3;7-9,14-17,19,22-25H,10H2,1-6H3,(H,26,27)(H,28,29);7-9,14-17,19,22-25H,10H2,1-6H3,(H,26,27);7-10,16H,11H2,1-6H3. The van der Waals surface area contributed by atoms with Gasteiger partial charge in [0.25, 0.3) is 0 Å². The molecule has 0 bridgehead atoms. The topological polar surface area (TPSA) is 444 Å². The van der Waals surface area contributed by atoms with Crippen LogP contribution in [0.3, 0.4) is 0 Å². The van der Waals surface area contributed by atoms with Gasteiger partial charge in [0.1, 0.15) is 66.1 Å². The number of rotatable bonds is 23. The van der Waals surface area contributed by atoms with Gasteiger partial charge in [-0.25, -0.2) is 14.2 Å². The van der Waals surface area contributed by atoms with Crippen molar-refractivity contribution in [2.24, 2.45) is 5.92 Å². The number of phosphoric acid groups is 1. The minimum Gasteiger partial charge on any atom is -0.479 e. The zero-order valence-corrected chi connectivity index (χ0v) is 69.6. The Labute approximate surface area is 649 Å². The highest BCUT2D eigenvalue weighted by molar-refractivity contribution is 7.47. The third kappa shape index (κ3) is 33.9. The molecule has 31 heteroatoms. The molecule has 16 unspecified atom stereocenters. The van der Waals surface area contributed by atoms with E-state index in [0.29, 0.717) is 48.3 Å². The average molecular weight is 1580 g/mol. The van der Waals surface area contributed by atoms with Gasteiger partial charge in [-0.05, 0) is 237 Å². The van der Waals surface area contributed by atoms with Crippen molar-refractivity contribution in [3.05, 3.63) is 101 Å². The summed E-state index contributed by atoms with van der Waals surface area (Å²) in [5.41, 5.74) is 4.04. The van der Waals surface area contributed by atoms with Crippen LogP contribution in [-0.2, 0) is 78.1 Å². The number of aliphatic hydroxyl groups is 9. The van der Waals surface area contributed by atoms with Crippen LogP contribution in [0.4, 0.5) is 22.7 Å². The maximum absolute atomic E-state index is 12.2. The summed E-state index contributed by atoms with van der Waals surface area (Å²) in [6.45, 7) is 49.7. The summed E-state index contributed by atoms with van der Waals surface area (Å²) in [7, 11) is -4.33. The number of aliphatic carboxylic acids is 2. The molecule has 0 spiro atoms. The Hall–Kier alpha value is -6.07. The molecule has 110 heavy (non-hydrogen) atoms. The van der Waals surface area contributed by atoms with Crippen molar-refractivity contribution >= 4 is 42.5 Å². The van der Waals surface area contributed by atoms with Crippen molar-refractivity contribution in [3.63, 3.8) is 0 Å². The van der Waals surface area contributed by atoms with Gasteiger partial charge in [0, 0.05) is 33.8 Å². The lowest BCUT2D eigenvalue weighted by Gasteiger charge is -2.41. The van der Waals surface area contributed by atoms with Gasteiger partial charge in [0.05, 0.1) is 78.6 Å². The SMILES string of the molecule is CC(C)(C)Nc1cc(COC(C)(C)C)ccc1OC1OC(C(=O)O)C(O)C(O)C1O.CC(C)(C)Nc1cc(COP(=O)(O)OC(C)(C)C)ccc1OC1OC(C(=O)O)C(O)C(O)C1O.CC(C)(C)Nc1ccc(COC(C)(C)C)cc1.CC1C(Oc2ccc(COC(C)(C)C)cc2NC(C)(C)C)OC(CO)C(O)C1O. The Balaban J connectivity index is 0.000000317. The van der Waals surface area contributed by atoms with Crippen LogP contribution in [0, 0.1) is 5.92 Å². The van der Waals surface area contributed by atoms with E-state index in [0.717, 1.165) is 22.5 Å². The summed E-state index contributed by atoms with van der Waals surface area (Å²) < 4.78 is 73.3. The summed E-state index contributed by atoms with van der Waals surface area (Å²) in [6, 6.07) is 24.0. The van der Waals surface area contributed by atoms with Crippen molar-refractivity contribution < 1.29 is 127 Å². The molecule has 0 radical (unpaired) electrons. The van der Waals surface area contributed by atoms with E-state index in [4.69, 9.17) is 51.7 Å². The molecule has 3 heterocycles. The molecule has 7 rings (SSSR count). The molecule has 30 nitrogen and oxygen atoms in total. The maximum Gasteiger partial charge on any atom is 0.473 e. The average Bonchev–Trinajstić information content (AvgIpc) is 0.807. The van der Waals surface area contributed by atoms with Gasteiger partial charge in [-0.1, -0.05) is 37.3 Å². The lowest BCUT2D eigenvalue weighted by molar-refractivity contribution is -0.271. The van der Waals surface area contributed by atoms with Crippen LogP contribution < -0.4 is 35.5 Å². The molecular formula is C79H129N4O26P. The fraction of sp³-hybridized carbons (Fsp3) is 0.671. The largest absolute Gasteiger partial charge is 0.479 e. The van der Waals surface area contributed by atoms with Crippen LogP contribution in [0.2, 0.25) is 0 Å². The second-order valence-corrected chi connectivity index (χ2v) is 37.1. The smallest absolute Gasteiger partial charge is 0.473 e. The first-order chi connectivity index (χ1) is 50.0. The van der Waals surface area contributed by atoms with Gasteiger partial charge in [-0.2, -0.15) is 0 Å². The van der Waals surface area contributed by atoms with E-state index in [1.807, 2.05) is 107 Å². The molecule has 0 aliphatic carbocycles. The van der Waals surface area contributed by atoms with Crippen LogP contribution in [0.25, 0.3) is 0 Å². The number of hydrogen-bond donors (Lipinski definition) is 16. The number of ether oxygens (including phenoxy) is 9. The number of phosphoric ester groups is 1. The number of nitrogens with one attached hydrogen (secondary N) is 4. The minimum absolute atomic E-state index is 0.0810. The van der Waals surface area contributed by atoms with E-state index < -0.39 is 129 Å². The molecule has 0 saturated carbocycles. The Morgan fingerprint density at radius 1 is 0.400 bits per heavy atom. The summed E-state index contributed by atoms with van der Waals surface area (Å²) in [5.74, 6) is -2.48. The highest BCUT2D eigenvalue weighted by Crippen LogP contribution is 2.48. The number of hydrogen-bond acceptors (Lipinski definition) is 27. The van der Waals surface area contributed by atoms with Crippen LogP contribution in [-0.4, -0.2) is 210 Å². The fourth-order valence-corrected chi connectivity index (χ4v) is 11.4. The first kappa shape index (κ1) is 96.3. The van der Waals surface area contributed by atoms with Gasteiger partial charge in [-0.3, -0.25) is 9.05 Å². The highest BCUT2D eigenvalue weighted by atomic mass is 31.2. The minimum atomic E-state index is -4.33. The summed E-state index contributed by atoms with van der Waals surface area (Å²) in [4.78, 5) is 32.6. The number of carbonyl (C=O) groups is 2. The zero-order chi connectivity index (χ0) is 84.0. The molecule has 0 amide bonds. The quantitative estimate of drug-likeness (QED) is 0.0307. The van der Waals surface area contributed by atoms with Crippen molar-refractivity contribution in [1.82, 2.24) is 0 Å². The van der Waals surface area contributed by atoms with Crippen molar-refractivity contribution in [3.8, 4) is 17.2 Å². The number of anilines is 4. The Kier molecular flexibility index (Phi) is 34.4. The molecule has 16 atom stereocenters. The molecule has 16 N–H and O–H groups in total. The second-order valence-electron chi connectivity index (χ2n) is 35.7. The summed E-state index contributed by atoms with van der Waals surface area (Å²) >= 11 is 0. The molecule has 3 aliphatic rings. The van der Waals surface area contributed by atoms with E-state index in [1.54, 1.807) is 45.9 Å². The first-order valence-electron chi connectivity index (χ1n) is 36.7. The van der Waals surface area contributed by atoms with E-state index in [1.165, 1.54) is 17.7 Å². The monoisotopic (exact) mass is 1580 g/mol. The van der Waals surface area contributed by atoms with Crippen molar-refractivity contribution in [2.45, 2.75) is 330 Å². The summed E-state index contributed by atoms with van der Waals surface area (Å²) in [6.07, 6.45) is -21.1. The van der Waals surface area contributed by atoms with Crippen LogP contribution >= 0.6 is 7.82 Å². The van der Waals surface area contributed by atoms with Crippen molar-refractivity contribution in [2.75, 3.05) is 27.9 Å². The normalized spacial score (nSPS) is 25.5.